The second kappa shape index (κ2) is 7.06. The van der Waals surface area contributed by atoms with E-state index in [1.54, 1.807) is 0 Å². The molecule has 104 valence electrons. The Labute approximate surface area is 123 Å². The number of carbonyl (C=O) groups excluding carboxylic acids is 1. The van der Waals surface area contributed by atoms with Crippen LogP contribution >= 0.6 is 15.9 Å². The van der Waals surface area contributed by atoms with Crippen LogP contribution in [-0.4, -0.2) is 12.5 Å². The molecule has 0 aliphatic heterocycles. The summed E-state index contributed by atoms with van der Waals surface area (Å²) in [5.74, 6) is 0.986. The van der Waals surface area contributed by atoms with Crippen molar-refractivity contribution in [2.24, 2.45) is 17.6 Å². The molecule has 1 amide bonds. The van der Waals surface area contributed by atoms with Gasteiger partial charge >= 0.3 is 0 Å². The van der Waals surface area contributed by atoms with Crippen LogP contribution in [0.5, 0.6) is 0 Å². The minimum Gasteiger partial charge on any atom is -0.352 e. The highest BCUT2D eigenvalue weighted by molar-refractivity contribution is 9.10. The van der Waals surface area contributed by atoms with Crippen LogP contribution in [0.4, 0.5) is 0 Å². The Hall–Kier alpha value is -0.870. The molecule has 0 bridgehead atoms. The van der Waals surface area contributed by atoms with Gasteiger partial charge in [-0.3, -0.25) is 4.79 Å². The van der Waals surface area contributed by atoms with Crippen LogP contribution in [0.3, 0.4) is 0 Å². The van der Waals surface area contributed by atoms with Crippen molar-refractivity contribution in [3.8, 4) is 0 Å². The van der Waals surface area contributed by atoms with Crippen LogP contribution in [0.15, 0.2) is 28.7 Å². The van der Waals surface area contributed by atoms with Gasteiger partial charge in [0.1, 0.15) is 0 Å². The summed E-state index contributed by atoms with van der Waals surface area (Å²) in [5, 5.41) is 3.04. The van der Waals surface area contributed by atoms with E-state index >= 15 is 0 Å². The number of benzene rings is 1. The molecule has 0 radical (unpaired) electrons. The summed E-state index contributed by atoms with van der Waals surface area (Å²) in [4.78, 5) is 12.1. The van der Waals surface area contributed by atoms with E-state index in [0.717, 1.165) is 42.3 Å². The highest BCUT2D eigenvalue weighted by Gasteiger charge is 2.25. The normalized spacial score (nSPS) is 23.1. The van der Waals surface area contributed by atoms with Gasteiger partial charge in [-0.1, -0.05) is 28.1 Å². The predicted octanol–water partition coefficient (Wildman–Crippen LogP) is 2.83. The average Bonchev–Trinajstić information content (AvgIpc) is 2.45. The van der Waals surface area contributed by atoms with Crippen molar-refractivity contribution < 1.29 is 4.79 Å². The Morgan fingerprint density at radius 3 is 2.68 bits per heavy atom. The van der Waals surface area contributed by atoms with Crippen LogP contribution in [0, 0.1) is 11.8 Å². The van der Waals surface area contributed by atoms with Crippen LogP contribution in [0.2, 0.25) is 0 Å². The molecule has 0 spiro atoms. The molecule has 19 heavy (non-hydrogen) atoms. The number of halogens is 1. The fraction of sp³-hybridized carbons (Fsp3) is 0.533. The molecule has 4 heteroatoms. The maximum atomic E-state index is 12.1. The fourth-order valence-corrected chi connectivity index (χ4v) is 3.09. The minimum atomic E-state index is 0.176. The van der Waals surface area contributed by atoms with Crippen molar-refractivity contribution >= 4 is 21.8 Å². The third-order valence-corrected chi connectivity index (χ3v) is 4.40. The molecule has 1 aromatic carbocycles. The van der Waals surface area contributed by atoms with E-state index in [2.05, 4.69) is 21.2 Å². The molecule has 1 saturated carbocycles. The van der Waals surface area contributed by atoms with E-state index in [-0.39, 0.29) is 11.8 Å². The van der Waals surface area contributed by atoms with Gasteiger partial charge in [-0.15, -0.1) is 0 Å². The molecule has 3 N–H and O–H groups in total. The molecular weight excluding hydrogens is 304 g/mol. The van der Waals surface area contributed by atoms with Crippen molar-refractivity contribution in [1.82, 2.24) is 5.32 Å². The lowest BCUT2D eigenvalue weighted by Gasteiger charge is -2.26. The van der Waals surface area contributed by atoms with Crippen molar-refractivity contribution in [3.63, 3.8) is 0 Å². The van der Waals surface area contributed by atoms with E-state index in [0.29, 0.717) is 12.5 Å². The summed E-state index contributed by atoms with van der Waals surface area (Å²) in [6, 6.07) is 8.03. The molecule has 0 heterocycles. The second-order valence-corrected chi connectivity index (χ2v) is 6.22. The Morgan fingerprint density at radius 1 is 1.32 bits per heavy atom. The molecule has 0 aromatic heterocycles. The zero-order valence-electron chi connectivity index (χ0n) is 11.1. The smallest absolute Gasteiger partial charge is 0.223 e. The van der Waals surface area contributed by atoms with Gasteiger partial charge in [-0.2, -0.15) is 0 Å². The first-order chi connectivity index (χ1) is 9.19. The van der Waals surface area contributed by atoms with Gasteiger partial charge in [-0.05, 0) is 55.8 Å². The van der Waals surface area contributed by atoms with Crippen LogP contribution in [0.1, 0.15) is 31.2 Å². The SMILES string of the molecule is NCC1CCC(C(=O)NCc2cccc(Br)c2)CC1. The molecule has 1 aromatic rings. The summed E-state index contributed by atoms with van der Waals surface area (Å²) in [6.45, 7) is 1.36. The highest BCUT2D eigenvalue weighted by Crippen LogP contribution is 2.28. The van der Waals surface area contributed by atoms with E-state index < -0.39 is 0 Å². The first-order valence-corrected chi connectivity index (χ1v) is 7.70. The highest BCUT2D eigenvalue weighted by atomic mass is 79.9. The minimum absolute atomic E-state index is 0.176. The van der Waals surface area contributed by atoms with Gasteiger partial charge in [0.25, 0.3) is 0 Å². The Kier molecular flexibility index (Phi) is 5.40. The molecule has 0 unspecified atom stereocenters. The molecule has 2 rings (SSSR count). The lowest BCUT2D eigenvalue weighted by Crippen LogP contribution is -2.33. The summed E-state index contributed by atoms with van der Waals surface area (Å²) >= 11 is 3.44. The van der Waals surface area contributed by atoms with Crippen molar-refractivity contribution in [3.05, 3.63) is 34.3 Å². The van der Waals surface area contributed by atoms with E-state index in [4.69, 9.17) is 5.73 Å². The molecule has 1 aliphatic rings. The summed E-state index contributed by atoms with van der Waals surface area (Å²) < 4.78 is 1.04. The molecule has 1 fully saturated rings. The number of nitrogens with two attached hydrogens (primary N) is 1. The summed E-state index contributed by atoms with van der Waals surface area (Å²) in [6.07, 6.45) is 4.13. The first kappa shape index (κ1) is 14.5. The van der Waals surface area contributed by atoms with Gasteiger partial charge in [0, 0.05) is 16.9 Å². The van der Waals surface area contributed by atoms with Crippen LogP contribution in [0.25, 0.3) is 0 Å². The molecular formula is C15H21BrN2O. The molecule has 0 saturated heterocycles. The Balaban J connectivity index is 1.79. The standard InChI is InChI=1S/C15H21BrN2O/c16-14-3-1-2-12(8-14)10-18-15(19)13-6-4-11(9-17)5-7-13/h1-3,8,11,13H,4-7,9-10,17H2,(H,18,19). The van der Waals surface area contributed by atoms with Gasteiger partial charge in [0.2, 0.25) is 5.91 Å². The van der Waals surface area contributed by atoms with Gasteiger partial charge in [0.15, 0.2) is 0 Å². The summed E-state index contributed by atoms with van der Waals surface area (Å²) in [5.41, 5.74) is 6.79. The van der Waals surface area contributed by atoms with Crippen LogP contribution < -0.4 is 11.1 Å². The van der Waals surface area contributed by atoms with Gasteiger partial charge in [-0.25, -0.2) is 0 Å². The fourth-order valence-electron chi connectivity index (χ4n) is 2.64. The molecule has 3 nitrogen and oxygen atoms in total. The zero-order valence-corrected chi connectivity index (χ0v) is 12.7. The Morgan fingerprint density at radius 2 is 2.05 bits per heavy atom. The summed E-state index contributed by atoms with van der Waals surface area (Å²) in [7, 11) is 0. The van der Waals surface area contributed by atoms with Crippen LogP contribution in [-0.2, 0) is 11.3 Å². The van der Waals surface area contributed by atoms with Gasteiger partial charge < -0.3 is 11.1 Å². The third-order valence-electron chi connectivity index (χ3n) is 3.91. The number of rotatable bonds is 4. The molecule has 0 atom stereocenters. The average molecular weight is 325 g/mol. The van der Waals surface area contributed by atoms with Gasteiger partial charge in [0.05, 0.1) is 0 Å². The van der Waals surface area contributed by atoms with E-state index in [9.17, 15) is 4.79 Å². The number of nitrogens with one attached hydrogen (secondary N) is 1. The number of carbonyl (C=O) groups is 1. The zero-order chi connectivity index (χ0) is 13.7. The number of amides is 1. The first-order valence-electron chi connectivity index (χ1n) is 6.91. The number of hydrogen-bond acceptors (Lipinski definition) is 2. The van der Waals surface area contributed by atoms with E-state index in [1.807, 2.05) is 24.3 Å². The van der Waals surface area contributed by atoms with Crippen molar-refractivity contribution in [1.29, 1.82) is 0 Å². The predicted molar refractivity (Wildman–Crippen MR) is 80.5 cm³/mol. The third kappa shape index (κ3) is 4.32. The quantitative estimate of drug-likeness (QED) is 0.894. The maximum Gasteiger partial charge on any atom is 0.223 e. The lowest BCUT2D eigenvalue weighted by atomic mass is 9.81. The largest absolute Gasteiger partial charge is 0.352 e. The molecule has 1 aliphatic carbocycles. The number of hydrogen-bond donors (Lipinski definition) is 2. The second-order valence-electron chi connectivity index (χ2n) is 5.30. The topological polar surface area (TPSA) is 55.1 Å². The van der Waals surface area contributed by atoms with E-state index in [1.165, 1.54) is 0 Å². The maximum absolute atomic E-state index is 12.1. The Bertz CT molecular complexity index is 428. The van der Waals surface area contributed by atoms with Crippen molar-refractivity contribution in [2.75, 3.05) is 6.54 Å². The van der Waals surface area contributed by atoms with Crippen molar-refractivity contribution in [2.45, 2.75) is 32.2 Å². The monoisotopic (exact) mass is 324 g/mol. The lowest BCUT2D eigenvalue weighted by molar-refractivity contribution is -0.126.